The van der Waals surface area contributed by atoms with Gasteiger partial charge in [-0.1, -0.05) is 19.9 Å². The van der Waals surface area contributed by atoms with Gasteiger partial charge in [-0.25, -0.2) is 4.79 Å². The minimum absolute atomic E-state index is 0.232. The summed E-state index contributed by atoms with van der Waals surface area (Å²) in [7, 11) is 0. The maximum Gasteiger partial charge on any atom is 0.415 e. The summed E-state index contributed by atoms with van der Waals surface area (Å²) in [6, 6.07) is 8.23. The zero-order valence-corrected chi connectivity index (χ0v) is 15.8. The van der Waals surface area contributed by atoms with Crippen LogP contribution in [0.4, 0.5) is 4.79 Å². The summed E-state index contributed by atoms with van der Waals surface area (Å²) in [4.78, 5) is 21.0. The summed E-state index contributed by atoms with van der Waals surface area (Å²) in [5.74, 6) is 0.522. The normalized spacial score (nSPS) is 16.1. The van der Waals surface area contributed by atoms with E-state index in [-0.39, 0.29) is 12.1 Å². The fourth-order valence-electron chi connectivity index (χ4n) is 3.39. The van der Waals surface area contributed by atoms with Crippen LogP contribution in [0, 0.1) is 0 Å². The number of benzene rings is 1. The van der Waals surface area contributed by atoms with Gasteiger partial charge in [-0.3, -0.25) is 9.88 Å². The first-order valence-corrected chi connectivity index (χ1v) is 9.31. The molecule has 2 heterocycles. The maximum absolute atomic E-state index is 12.5. The van der Waals surface area contributed by atoms with Crippen LogP contribution in [0.15, 0.2) is 30.5 Å². The van der Waals surface area contributed by atoms with Crippen LogP contribution < -0.4 is 4.74 Å². The Kier molecular flexibility index (Phi) is 6.06. The number of fused-ring (bicyclic) bond motifs is 1. The second-order valence-corrected chi connectivity index (χ2v) is 6.46. The van der Waals surface area contributed by atoms with Gasteiger partial charge in [0.1, 0.15) is 5.52 Å². The van der Waals surface area contributed by atoms with E-state index in [9.17, 15) is 4.79 Å². The average Bonchev–Trinajstić information content (AvgIpc) is 2.69. The predicted molar refractivity (Wildman–Crippen MR) is 101 cm³/mol. The first-order chi connectivity index (χ1) is 12.6. The standard InChI is InChI=1S/C20H27N3O3/c1-4-22(5-2)15(3)17-13-16-7-6-8-21-19(16)18(14-17)26-20(24)23-9-11-25-12-10-23/h6-8,13-15H,4-5,9-12H2,1-3H3. The van der Waals surface area contributed by atoms with Gasteiger partial charge in [0, 0.05) is 30.7 Å². The van der Waals surface area contributed by atoms with Gasteiger partial charge in [0.15, 0.2) is 5.75 Å². The lowest BCUT2D eigenvalue weighted by atomic mass is 10.0. The Labute approximate surface area is 154 Å². The van der Waals surface area contributed by atoms with Crippen molar-refractivity contribution in [2.24, 2.45) is 0 Å². The van der Waals surface area contributed by atoms with E-state index in [0.29, 0.717) is 37.6 Å². The van der Waals surface area contributed by atoms with Gasteiger partial charge in [-0.05, 0) is 43.8 Å². The largest absolute Gasteiger partial charge is 0.415 e. The molecule has 26 heavy (non-hydrogen) atoms. The van der Waals surface area contributed by atoms with Crippen molar-refractivity contribution in [1.29, 1.82) is 0 Å². The number of nitrogens with zero attached hydrogens (tertiary/aromatic N) is 3. The van der Waals surface area contributed by atoms with Gasteiger partial charge in [-0.2, -0.15) is 0 Å². The predicted octanol–water partition coefficient (Wildman–Crippen LogP) is 3.47. The lowest BCUT2D eigenvalue weighted by molar-refractivity contribution is 0.0417. The van der Waals surface area contributed by atoms with Crippen LogP contribution in [0.2, 0.25) is 0 Å². The summed E-state index contributed by atoms with van der Waals surface area (Å²) < 4.78 is 11.1. The van der Waals surface area contributed by atoms with Crippen molar-refractivity contribution in [3.63, 3.8) is 0 Å². The van der Waals surface area contributed by atoms with E-state index in [2.05, 4.69) is 36.7 Å². The Morgan fingerprint density at radius 2 is 2.04 bits per heavy atom. The summed E-state index contributed by atoms with van der Waals surface area (Å²) in [6.45, 7) is 10.6. The molecule has 140 valence electrons. The zero-order chi connectivity index (χ0) is 18.5. The van der Waals surface area contributed by atoms with E-state index in [1.807, 2.05) is 18.2 Å². The first-order valence-electron chi connectivity index (χ1n) is 9.31. The van der Waals surface area contributed by atoms with E-state index >= 15 is 0 Å². The highest BCUT2D eigenvalue weighted by molar-refractivity contribution is 5.87. The first kappa shape index (κ1) is 18.6. The summed E-state index contributed by atoms with van der Waals surface area (Å²) in [6.07, 6.45) is 1.38. The highest BCUT2D eigenvalue weighted by atomic mass is 16.6. The molecule has 0 bridgehead atoms. The Morgan fingerprint density at radius 3 is 2.73 bits per heavy atom. The van der Waals surface area contributed by atoms with E-state index < -0.39 is 0 Å². The number of hydrogen-bond acceptors (Lipinski definition) is 5. The Bertz CT molecular complexity index is 755. The lowest BCUT2D eigenvalue weighted by Crippen LogP contribution is -2.42. The SMILES string of the molecule is CCN(CC)C(C)c1cc(OC(=O)N2CCOCC2)c2ncccc2c1. The molecule has 1 fully saturated rings. The quantitative estimate of drug-likeness (QED) is 0.820. The van der Waals surface area contributed by atoms with Crippen molar-refractivity contribution < 1.29 is 14.3 Å². The number of carbonyl (C=O) groups excluding carboxylic acids is 1. The van der Waals surface area contributed by atoms with Crippen LogP contribution in [0.5, 0.6) is 5.75 Å². The van der Waals surface area contributed by atoms with Gasteiger partial charge in [0.2, 0.25) is 0 Å². The number of pyridine rings is 1. The average molecular weight is 357 g/mol. The van der Waals surface area contributed by atoms with Crippen molar-refractivity contribution in [3.8, 4) is 5.75 Å². The molecule has 6 heteroatoms. The van der Waals surface area contributed by atoms with Crippen molar-refractivity contribution in [3.05, 3.63) is 36.0 Å². The topological polar surface area (TPSA) is 54.9 Å². The molecule has 1 unspecified atom stereocenters. The second kappa shape index (κ2) is 8.47. The molecule has 6 nitrogen and oxygen atoms in total. The smallest absolute Gasteiger partial charge is 0.408 e. The third kappa shape index (κ3) is 3.97. The number of aromatic nitrogens is 1. The molecule has 0 radical (unpaired) electrons. The molecule has 3 rings (SSSR count). The summed E-state index contributed by atoms with van der Waals surface area (Å²) in [5, 5.41) is 0.980. The molecule has 1 saturated heterocycles. The van der Waals surface area contributed by atoms with E-state index in [1.165, 1.54) is 0 Å². The molecule has 1 aliphatic heterocycles. The zero-order valence-electron chi connectivity index (χ0n) is 15.8. The molecule has 0 spiro atoms. The summed E-state index contributed by atoms with van der Waals surface area (Å²) in [5.41, 5.74) is 1.84. The van der Waals surface area contributed by atoms with Crippen molar-refractivity contribution in [2.45, 2.75) is 26.8 Å². The highest BCUT2D eigenvalue weighted by Crippen LogP contribution is 2.31. The molecule has 1 aliphatic rings. The molecule has 0 aliphatic carbocycles. The van der Waals surface area contributed by atoms with Crippen molar-refractivity contribution in [1.82, 2.24) is 14.8 Å². The van der Waals surface area contributed by atoms with Crippen LogP contribution in [0.25, 0.3) is 10.9 Å². The van der Waals surface area contributed by atoms with E-state index in [1.54, 1.807) is 11.1 Å². The monoisotopic (exact) mass is 357 g/mol. The van der Waals surface area contributed by atoms with Crippen LogP contribution in [-0.4, -0.2) is 60.3 Å². The molecule has 1 amide bonds. The van der Waals surface area contributed by atoms with Crippen LogP contribution in [0.3, 0.4) is 0 Å². The molecular weight excluding hydrogens is 330 g/mol. The second-order valence-electron chi connectivity index (χ2n) is 6.46. The van der Waals surface area contributed by atoms with E-state index in [0.717, 1.165) is 24.0 Å². The summed E-state index contributed by atoms with van der Waals surface area (Å²) >= 11 is 0. The minimum atomic E-state index is -0.340. The number of carbonyl (C=O) groups is 1. The van der Waals surface area contributed by atoms with Crippen molar-refractivity contribution >= 4 is 17.0 Å². The van der Waals surface area contributed by atoms with Gasteiger partial charge >= 0.3 is 6.09 Å². The minimum Gasteiger partial charge on any atom is -0.408 e. The van der Waals surface area contributed by atoms with Gasteiger partial charge in [0.05, 0.1) is 13.2 Å². The molecule has 0 saturated carbocycles. The number of morpholine rings is 1. The van der Waals surface area contributed by atoms with E-state index in [4.69, 9.17) is 9.47 Å². The van der Waals surface area contributed by atoms with Crippen molar-refractivity contribution in [2.75, 3.05) is 39.4 Å². The van der Waals surface area contributed by atoms with Gasteiger partial charge in [0.25, 0.3) is 0 Å². The Morgan fingerprint density at radius 1 is 1.31 bits per heavy atom. The third-order valence-electron chi connectivity index (χ3n) is 5.00. The van der Waals surface area contributed by atoms with Gasteiger partial charge in [-0.15, -0.1) is 0 Å². The Hall–Kier alpha value is -2.18. The fraction of sp³-hybridized carbons (Fsp3) is 0.500. The van der Waals surface area contributed by atoms with Gasteiger partial charge < -0.3 is 14.4 Å². The number of rotatable bonds is 5. The molecule has 2 aromatic rings. The number of ether oxygens (including phenoxy) is 2. The molecular formula is C20H27N3O3. The van der Waals surface area contributed by atoms with Crippen LogP contribution >= 0.6 is 0 Å². The molecule has 0 N–H and O–H groups in total. The number of hydrogen-bond donors (Lipinski definition) is 0. The fourth-order valence-corrected chi connectivity index (χ4v) is 3.39. The molecule has 1 atom stereocenters. The third-order valence-corrected chi connectivity index (χ3v) is 5.00. The van der Waals surface area contributed by atoms with Crippen LogP contribution in [-0.2, 0) is 4.74 Å². The Balaban J connectivity index is 1.93. The molecule has 1 aromatic heterocycles. The lowest BCUT2D eigenvalue weighted by Gasteiger charge is -2.28. The number of amides is 1. The maximum atomic E-state index is 12.5. The van der Waals surface area contributed by atoms with Crippen LogP contribution in [0.1, 0.15) is 32.4 Å². The molecule has 1 aromatic carbocycles. The highest BCUT2D eigenvalue weighted by Gasteiger charge is 2.21.